The fraction of sp³-hybridized carbons (Fsp3) is 0.577. The molecule has 1 aromatic carbocycles. The van der Waals surface area contributed by atoms with E-state index >= 15 is 4.39 Å². The zero-order valence-corrected chi connectivity index (χ0v) is 23.6. The average molecular weight is 558 g/mol. The number of alkyl halides is 1. The topological polar surface area (TPSA) is 115 Å². The number of nitrogens with one attached hydrogen (secondary N) is 1. The maximum absolute atomic E-state index is 15.8. The molecular weight excluding hydrogens is 514 g/mol. The number of aliphatic hydroxyl groups excluding tert-OH is 1. The Kier molecular flexibility index (Phi) is 11.6. The third-order valence-electron chi connectivity index (χ3n) is 5.57. The summed E-state index contributed by atoms with van der Waals surface area (Å²) in [4.78, 5) is 27.6. The molecule has 0 spiro atoms. The van der Waals surface area contributed by atoms with Crippen LogP contribution in [0.4, 0.5) is 10.2 Å². The molecule has 2 aromatic rings. The predicted molar refractivity (Wildman–Crippen MR) is 145 cm³/mol. The van der Waals surface area contributed by atoms with Crippen LogP contribution in [0.15, 0.2) is 47.4 Å². The molecule has 5 atom stereocenters. The lowest BCUT2D eigenvalue weighted by molar-refractivity contribution is -0.114. The van der Waals surface area contributed by atoms with Crippen molar-refractivity contribution in [2.24, 2.45) is 0 Å². The van der Waals surface area contributed by atoms with Gasteiger partial charge in [-0.25, -0.2) is 13.9 Å². The molecule has 1 amide bonds. The maximum atomic E-state index is 15.8. The van der Waals surface area contributed by atoms with E-state index in [0.717, 1.165) is 10.1 Å². The van der Waals surface area contributed by atoms with Gasteiger partial charge in [-0.3, -0.25) is 9.36 Å². The maximum Gasteiger partial charge on any atom is 0.351 e. The fourth-order valence-electron chi connectivity index (χ4n) is 4.02. The van der Waals surface area contributed by atoms with Crippen LogP contribution in [0.2, 0.25) is 0 Å². The van der Waals surface area contributed by atoms with E-state index in [4.69, 9.17) is 16.6 Å². The summed E-state index contributed by atoms with van der Waals surface area (Å²) in [6, 6.07) is 11.4. The minimum atomic E-state index is -1.75. The number of benzene rings is 1. The highest BCUT2D eigenvalue weighted by atomic mass is 31.2. The standard InChI is InChI=1S/C25H36FN4O5P.CH4O/c1-16(2)30(17(3)4)36(33-15-13-20-10-8-7-9-11-20)35-23-18(5)34-24(22(23)26)29-14-12-21(27-19(6)31)28-25(29)32;1-2/h7-12,14,16-18,22-24H,13,15H2,1-6H3,(H,27,28,31,32);2H,1H3/i5D;2T. The number of carbonyl (C=O) groups excluding carboxylic acids is 1. The molecule has 1 aromatic heterocycles. The summed E-state index contributed by atoms with van der Waals surface area (Å²) < 4.78 is 50.8. The smallest absolute Gasteiger partial charge is 0.351 e. The third-order valence-corrected chi connectivity index (χ3v) is 7.70. The SMILES string of the molecule is [2H]CC1OC(n2ccc(NC(C)=O)nc2=O)C(F)C1OP(OCCc1ccccc1)N(C(C)C)C(C)C.[3H]OC. The first kappa shape index (κ1) is 28.7. The summed E-state index contributed by atoms with van der Waals surface area (Å²) in [5, 5.41) is 5.92. The molecule has 3 rings (SSSR count). The van der Waals surface area contributed by atoms with Crippen molar-refractivity contribution in [3.05, 3.63) is 58.6 Å². The second-order valence-corrected chi connectivity index (χ2v) is 10.5. The Morgan fingerprint density at radius 3 is 2.55 bits per heavy atom. The Hall–Kier alpha value is -2.27. The van der Waals surface area contributed by atoms with E-state index in [2.05, 4.69) is 20.1 Å². The molecule has 0 radical (unpaired) electrons. The van der Waals surface area contributed by atoms with Crippen molar-refractivity contribution >= 4 is 20.3 Å². The van der Waals surface area contributed by atoms with Gasteiger partial charge in [0.25, 0.3) is 8.53 Å². The Morgan fingerprint density at radius 1 is 1.34 bits per heavy atom. The molecule has 0 saturated carbocycles. The quantitative estimate of drug-likeness (QED) is 0.398. The first-order valence-corrected chi connectivity index (χ1v) is 13.5. The van der Waals surface area contributed by atoms with Gasteiger partial charge in [0.2, 0.25) is 7.34 Å². The van der Waals surface area contributed by atoms with Crippen molar-refractivity contribution in [3.63, 3.8) is 0 Å². The Bertz CT molecular complexity index is 1090. The van der Waals surface area contributed by atoms with Crippen molar-refractivity contribution < 1.29 is 29.4 Å². The minimum Gasteiger partial charge on any atom is -0.400 e. The normalized spacial score (nSPS) is 22.6. The zero-order chi connectivity index (χ0) is 29.8. The van der Waals surface area contributed by atoms with Gasteiger partial charge in [0.15, 0.2) is 12.4 Å². The van der Waals surface area contributed by atoms with Crippen LogP contribution in [0.5, 0.6) is 0 Å². The lowest BCUT2D eigenvalue weighted by Gasteiger charge is -2.37. The molecular formula is C26H40FN4O6P. The number of anilines is 1. The lowest BCUT2D eigenvalue weighted by Crippen LogP contribution is -2.38. The van der Waals surface area contributed by atoms with Gasteiger partial charge in [0, 0.05) is 33.7 Å². The first-order chi connectivity index (χ1) is 19.0. The van der Waals surface area contributed by atoms with Crippen LogP contribution >= 0.6 is 8.53 Å². The van der Waals surface area contributed by atoms with E-state index in [-0.39, 0.29) is 30.7 Å². The number of hydrogen-bond acceptors (Lipinski definition) is 8. The number of nitrogens with zero attached hydrogens (tertiary/aromatic N) is 3. The number of aliphatic hydroxyl groups is 1. The summed E-state index contributed by atoms with van der Waals surface area (Å²) >= 11 is 0. The van der Waals surface area contributed by atoms with Gasteiger partial charge in [0.05, 0.1) is 12.7 Å². The molecule has 1 aliphatic rings. The molecule has 0 bridgehead atoms. The molecule has 2 heterocycles. The molecule has 10 nitrogen and oxygen atoms in total. The molecule has 12 heteroatoms. The van der Waals surface area contributed by atoms with Crippen molar-refractivity contribution in [2.75, 3.05) is 19.0 Å². The summed E-state index contributed by atoms with van der Waals surface area (Å²) in [7, 11) is -0.409. The van der Waals surface area contributed by atoms with Gasteiger partial charge >= 0.3 is 5.69 Å². The van der Waals surface area contributed by atoms with Crippen molar-refractivity contribution in [1.82, 2.24) is 14.2 Å². The van der Waals surface area contributed by atoms with Crippen molar-refractivity contribution in [3.8, 4) is 0 Å². The average Bonchev–Trinajstić information content (AvgIpc) is 3.19. The monoisotopic (exact) mass is 557 g/mol. The van der Waals surface area contributed by atoms with E-state index in [9.17, 15) is 9.59 Å². The predicted octanol–water partition coefficient (Wildman–Crippen LogP) is 4.06. The number of carbonyl (C=O) groups is 1. The fourth-order valence-corrected chi connectivity index (χ4v) is 5.78. The highest BCUT2D eigenvalue weighted by Crippen LogP contribution is 2.50. The summed E-state index contributed by atoms with van der Waals surface area (Å²) in [6.07, 6.45) is -3.11. The number of ether oxygens (including phenoxy) is 1. The van der Waals surface area contributed by atoms with Crippen LogP contribution < -0.4 is 11.0 Å². The van der Waals surface area contributed by atoms with Crippen molar-refractivity contribution in [1.29, 1.82) is 1.43 Å². The zero-order valence-electron chi connectivity index (χ0n) is 24.7. The lowest BCUT2D eigenvalue weighted by atomic mass is 10.2. The first-order valence-electron chi connectivity index (χ1n) is 13.5. The van der Waals surface area contributed by atoms with Gasteiger partial charge in [-0.15, -0.1) is 0 Å². The number of aromatic nitrogens is 2. The van der Waals surface area contributed by atoms with Crippen molar-refractivity contribution in [2.45, 2.75) is 84.6 Å². The van der Waals surface area contributed by atoms with Crippen LogP contribution in [-0.4, -0.2) is 70.8 Å². The number of rotatable bonds is 11. The number of amides is 1. The Labute approximate surface area is 228 Å². The van der Waals surface area contributed by atoms with Gasteiger partial charge in [-0.1, -0.05) is 30.3 Å². The minimum absolute atomic E-state index is 0.0570. The third kappa shape index (κ3) is 8.62. The molecule has 1 saturated heterocycles. The second kappa shape index (κ2) is 15.4. The van der Waals surface area contributed by atoms with E-state index < -0.39 is 38.8 Å². The summed E-state index contributed by atoms with van der Waals surface area (Å²) in [5.74, 6) is -0.319. The van der Waals surface area contributed by atoms with Crippen LogP contribution in [0.3, 0.4) is 0 Å². The van der Waals surface area contributed by atoms with E-state index in [0.29, 0.717) is 13.0 Å². The van der Waals surface area contributed by atoms with E-state index in [1.165, 1.54) is 26.3 Å². The summed E-state index contributed by atoms with van der Waals surface area (Å²) in [5.41, 5.74) is 0.333. The van der Waals surface area contributed by atoms with Crippen LogP contribution in [0.25, 0.3) is 0 Å². The van der Waals surface area contributed by atoms with Crippen LogP contribution in [-0.2, 0) is 25.0 Å². The number of halogens is 1. The van der Waals surface area contributed by atoms with Crippen LogP contribution in [0, 0.1) is 0 Å². The molecule has 0 aliphatic carbocycles. The van der Waals surface area contributed by atoms with Gasteiger partial charge in [0.1, 0.15) is 11.9 Å². The molecule has 2 N–H and O–H groups in total. The molecule has 1 fully saturated rings. The summed E-state index contributed by atoms with van der Waals surface area (Å²) in [6.45, 7) is 9.48. The highest BCUT2D eigenvalue weighted by molar-refractivity contribution is 7.44. The number of hydrogen-bond donors (Lipinski definition) is 2. The van der Waals surface area contributed by atoms with Crippen LogP contribution in [0.1, 0.15) is 54.7 Å². The molecule has 1 aliphatic heterocycles. The molecule has 38 heavy (non-hydrogen) atoms. The second-order valence-electron chi connectivity index (χ2n) is 9.14. The molecule has 212 valence electrons. The van der Waals surface area contributed by atoms with Gasteiger partial charge in [-0.2, -0.15) is 4.98 Å². The Morgan fingerprint density at radius 2 is 2.00 bits per heavy atom. The Balaban J connectivity index is 0.00000178. The van der Waals surface area contributed by atoms with Gasteiger partial charge < -0.3 is 24.2 Å². The van der Waals surface area contributed by atoms with E-state index in [1.54, 1.807) is 0 Å². The largest absolute Gasteiger partial charge is 0.400 e. The van der Waals surface area contributed by atoms with E-state index in [1.807, 2.05) is 58.0 Å². The highest BCUT2D eigenvalue weighted by Gasteiger charge is 2.48. The molecule has 5 unspecified atom stereocenters. The van der Waals surface area contributed by atoms with Gasteiger partial charge in [-0.05, 0) is 52.6 Å².